The Morgan fingerprint density at radius 3 is 2.71 bits per heavy atom. The van der Waals surface area contributed by atoms with Crippen molar-refractivity contribution in [3.05, 3.63) is 35.4 Å². The van der Waals surface area contributed by atoms with Gasteiger partial charge in [-0.2, -0.15) is 0 Å². The molecule has 0 aliphatic rings. The van der Waals surface area contributed by atoms with Gasteiger partial charge < -0.3 is 15.4 Å². The first-order chi connectivity index (χ1) is 9.92. The highest BCUT2D eigenvalue weighted by Gasteiger charge is 2.09. The van der Waals surface area contributed by atoms with E-state index in [1.54, 1.807) is 25.3 Å². The van der Waals surface area contributed by atoms with Crippen LogP contribution < -0.4 is 15.8 Å². The third kappa shape index (κ3) is 7.76. The van der Waals surface area contributed by atoms with Crippen LogP contribution in [0, 0.1) is 0 Å². The standard InChI is InChI=1S/C13H21N3O4S/c1-20-8-7-15-5-6-16-13(17)12-4-2-3-11(9-12)10-21(14,18)19/h2-4,9,15H,5-8,10H2,1H3,(H,16,17)(H2,14,18,19). The summed E-state index contributed by atoms with van der Waals surface area (Å²) in [7, 11) is -1.98. The number of carbonyl (C=O) groups is 1. The lowest BCUT2D eigenvalue weighted by Crippen LogP contribution is -2.33. The molecule has 8 heteroatoms. The summed E-state index contributed by atoms with van der Waals surface area (Å²) in [6, 6.07) is 6.40. The number of rotatable bonds is 9. The number of carbonyl (C=O) groups excluding carboxylic acids is 1. The molecule has 0 spiro atoms. The van der Waals surface area contributed by atoms with Crippen LogP contribution in [-0.2, 0) is 20.5 Å². The van der Waals surface area contributed by atoms with Crippen LogP contribution in [0.15, 0.2) is 24.3 Å². The van der Waals surface area contributed by atoms with E-state index in [1.807, 2.05) is 0 Å². The minimum Gasteiger partial charge on any atom is -0.383 e. The summed E-state index contributed by atoms with van der Waals surface area (Å²) in [5, 5.41) is 10.8. The maximum atomic E-state index is 11.9. The van der Waals surface area contributed by atoms with Crippen molar-refractivity contribution in [2.24, 2.45) is 5.14 Å². The van der Waals surface area contributed by atoms with Gasteiger partial charge in [0.2, 0.25) is 10.0 Å². The Morgan fingerprint density at radius 2 is 2.05 bits per heavy atom. The Hall–Kier alpha value is -1.48. The van der Waals surface area contributed by atoms with Crippen LogP contribution in [0.4, 0.5) is 0 Å². The van der Waals surface area contributed by atoms with Crippen LogP contribution >= 0.6 is 0 Å². The van der Waals surface area contributed by atoms with Crippen molar-refractivity contribution in [2.75, 3.05) is 33.4 Å². The first-order valence-corrected chi connectivity index (χ1v) is 8.21. The molecule has 0 unspecified atom stereocenters. The lowest BCUT2D eigenvalue weighted by molar-refractivity contribution is 0.0953. The minimum absolute atomic E-state index is 0.250. The van der Waals surface area contributed by atoms with Gasteiger partial charge in [-0.05, 0) is 17.7 Å². The fourth-order valence-corrected chi connectivity index (χ4v) is 2.34. The second-order valence-electron chi connectivity index (χ2n) is 4.51. The molecule has 0 fully saturated rings. The first kappa shape index (κ1) is 17.6. The number of nitrogens with two attached hydrogens (primary N) is 1. The van der Waals surface area contributed by atoms with E-state index >= 15 is 0 Å². The Balaban J connectivity index is 2.45. The van der Waals surface area contributed by atoms with Gasteiger partial charge in [0.1, 0.15) is 0 Å². The van der Waals surface area contributed by atoms with Crippen LogP contribution in [0.25, 0.3) is 0 Å². The van der Waals surface area contributed by atoms with Gasteiger partial charge >= 0.3 is 0 Å². The lowest BCUT2D eigenvalue weighted by Gasteiger charge is -2.07. The monoisotopic (exact) mass is 315 g/mol. The van der Waals surface area contributed by atoms with Crippen molar-refractivity contribution in [1.82, 2.24) is 10.6 Å². The van der Waals surface area contributed by atoms with Crippen molar-refractivity contribution >= 4 is 15.9 Å². The van der Waals surface area contributed by atoms with Crippen molar-refractivity contribution < 1.29 is 17.9 Å². The Labute approximate surface area is 124 Å². The van der Waals surface area contributed by atoms with Crippen molar-refractivity contribution in [1.29, 1.82) is 0 Å². The predicted molar refractivity (Wildman–Crippen MR) is 80.3 cm³/mol. The number of primary sulfonamides is 1. The maximum absolute atomic E-state index is 11.9. The van der Waals surface area contributed by atoms with Gasteiger partial charge in [0.05, 0.1) is 12.4 Å². The molecule has 0 aromatic heterocycles. The first-order valence-electron chi connectivity index (χ1n) is 6.49. The summed E-state index contributed by atoms with van der Waals surface area (Å²) in [4.78, 5) is 11.9. The van der Waals surface area contributed by atoms with E-state index < -0.39 is 10.0 Å². The van der Waals surface area contributed by atoms with E-state index in [4.69, 9.17) is 9.88 Å². The van der Waals surface area contributed by atoms with Gasteiger partial charge in [-0.3, -0.25) is 4.79 Å². The minimum atomic E-state index is -3.60. The molecule has 1 rings (SSSR count). The van der Waals surface area contributed by atoms with E-state index in [2.05, 4.69) is 10.6 Å². The molecule has 4 N–H and O–H groups in total. The van der Waals surface area contributed by atoms with Crippen LogP contribution in [0.1, 0.15) is 15.9 Å². The number of hydrogen-bond donors (Lipinski definition) is 3. The van der Waals surface area contributed by atoms with E-state index in [9.17, 15) is 13.2 Å². The van der Waals surface area contributed by atoms with Gasteiger partial charge in [0, 0.05) is 32.3 Å². The smallest absolute Gasteiger partial charge is 0.251 e. The van der Waals surface area contributed by atoms with E-state index in [-0.39, 0.29) is 11.7 Å². The number of methoxy groups -OCH3 is 1. The van der Waals surface area contributed by atoms with E-state index in [1.165, 1.54) is 6.07 Å². The second-order valence-corrected chi connectivity index (χ2v) is 6.12. The van der Waals surface area contributed by atoms with Gasteiger partial charge in [-0.15, -0.1) is 0 Å². The van der Waals surface area contributed by atoms with Crippen molar-refractivity contribution in [3.8, 4) is 0 Å². The average molecular weight is 315 g/mol. The summed E-state index contributed by atoms with van der Waals surface area (Å²) in [6.07, 6.45) is 0. The van der Waals surface area contributed by atoms with E-state index in [0.29, 0.717) is 30.8 Å². The van der Waals surface area contributed by atoms with Gasteiger partial charge in [-0.1, -0.05) is 12.1 Å². The molecule has 1 amide bonds. The van der Waals surface area contributed by atoms with Gasteiger partial charge in [0.25, 0.3) is 5.91 Å². The molecule has 7 nitrogen and oxygen atoms in total. The topological polar surface area (TPSA) is 111 Å². The third-order valence-corrected chi connectivity index (χ3v) is 3.36. The van der Waals surface area contributed by atoms with Crippen LogP contribution in [0.2, 0.25) is 0 Å². The molecule has 1 aromatic rings. The number of ether oxygens (including phenoxy) is 1. The molecular weight excluding hydrogens is 294 g/mol. The largest absolute Gasteiger partial charge is 0.383 e. The fraction of sp³-hybridized carbons (Fsp3) is 0.462. The highest BCUT2D eigenvalue weighted by molar-refractivity contribution is 7.88. The SMILES string of the molecule is COCCNCCNC(=O)c1cccc(CS(N)(=O)=O)c1. The highest BCUT2D eigenvalue weighted by Crippen LogP contribution is 2.07. The molecule has 0 heterocycles. The Bertz CT molecular complexity index is 560. The Kier molecular flexibility index (Phi) is 7.30. The molecule has 0 radical (unpaired) electrons. The molecule has 0 saturated carbocycles. The molecule has 0 saturated heterocycles. The van der Waals surface area contributed by atoms with Crippen molar-refractivity contribution in [3.63, 3.8) is 0 Å². The molecule has 118 valence electrons. The summed E-state index contributed by atoms with van der Waals surface area (Å²) in [5.74, 6) is -0.535. The zero-order chi connectivity index (χ0) is 15.7. The van der Waals surface area contributed by atoms with E-state index in [0.717, 1.165) is 6.54 Å². The van der Waals surface area contributed by atoms with Crippen LogP contribution in [-0.4, -0.2) is 47.7 Å². The van der Waals surface area contributed by atoms with Crippen LogP contribution in [0.5, 0.6) is 0 Å². The van der Waals surface area contributed by atoms with Crippen LogP contribution in [0.3, 0.4) is 0 Å². The average Bonchev–Trinajstić information content (AvgIpc) is 2.41. The van der Waals surface area contributed by atoms with Gasteiger partial charge in [0.15, 0.2) is 0 Å². The number of amides is 1. The number of benzene rings is 1. The van der Waals surface area contributed by atoms with Crippen molar-refractivity contribution in [2.45, 2.75) is 5.75 Å². The predicted octanol–water partition coefficient (Wildman–Crippen LogP) is -0.559. The molecule has 0 aliphatic heterocycles. The summed E-state index contributed by atoms with van der Waals surface area (Å²) in [5.41, 5.74) is 0.899. The number of sulfonamides is 1. The summed E-state index contributed by atoms with van der Waals surface area (Å²) >= 11 is 0. The zero-order valence-corrected chi connectivity index (χ0v) is 12.8. The molecule has 0 aliphatic carbocycles. The molecular formula is C13H21N3O4S. The fourth-order valence-electron chi connectivity index (χ4n) is 1.70. The van der Waals surface area contributed by atoms with Gasteiger partial charge in [-0.25, -0.2) is 13.6 Å². The summed E-state index contributed by atoms with van der Waals surface area (Å²) < 4.78 is 27.0. The lowest BCUT2D eigenvalue weighted by atomic mass is 10.1. The number of hydrogen-bond acceptors (Lipinski definition) is 5. The molecule has 1 aromatic carbocycles. The highest BCUT2D eigenvalue weighted by atomic mass is 32.2. The summed E-state index contributed by atoms with van der Waals surface area (Å²) in [6.45, 7) is 2.44. The quantitative estimate of drug-likeness (QED) is 0.529. The molecule has 0 atom stereocenters. The number of nitrogens with one attached hydrogen (secondary N) is 2. The normalized spacial score (nSPS) is 11.3. The molecule has 21 heavy (non-hydrogen) atoms. The molecule has 0 bridgehead atoms. The maximum Gasteiger partial charge on any atom is 0.251 e. The third-order valence-electron chi connectivity index (χ3n) is 2.63. The second kappa shape index (κ2) is 8.73. The Morgan fingerprint density at radius 1 is 1.29 bits per heavy atom. The zero-order valence-electron chi connectivity index (χ0n) is 12.0.